The first-order chi connectivity index (χ1) is 8.85. The Morgan fingerprint density at radius 1 is 0.947 bits per heavy atom. The first kappa shape index (κ1) is 15.4. The summed E-state index contributed by atoms with van der Waals surface area (Å²) in [6.45, 7) is 2.39. The van der Waals surface area contributed by atoms with Gasteiger partial charge in [-0.2, -0.15) is 0 Å². The number of carbonyl (C=O) groups is 3. The summed E-state index contributed by atoms with van der Waals surface area (Å²) in [6.07, 6.45) is -4.80. The molecule has 0 aromatic carbocycles. The summed E-state index contributed by atoms with van der Waals surface area (Å²) in [5, 5.41) is 0. The van der Waals surface area contributed by atoms with E-state index in [1.807, 2.05) is 0 Å². The van der Waals surface area contributed by atoms with E-state index in [-0.39, 0.29) is 0 Å². The molecule has 1 heterocycles. The van der Waals surface area contributed by atoms with Crippen molar-refractivity contribution < 1.29 is 37.7 Å². The van der Waals surface area contributed by atoms with Crippen LogP contribution in [0.1, 0.15) is 20.8 Å². The van der Waals surface area contributed by atoms with Crippen molar-refractivity contribution in [3.05, 3.63) is 0 Å². The number of esters is 3. The summed E-state index contributed by atoms with van der Waals surface area (Å²) in [7, 11) is 0. The topological polar surface area (TPSA) is 88.1 Å². The number of halogens is 1. The molecule has 0 aromatic rings. The second-order valence-corrected chi connectivity index (χ2v) is 3.95. The van der Waals surface area contributed by atoms with Crippen LogP contribution < -0.4 is 0 Å². The number of rotatable bonds is 4. The molecule has 1 fully saturated rings. The minimum absolute atomic E-state index is 0.687. The second kappa shape index (κ2) is 6.46. The average Bonchev–Trinajstić information content (AvgIpc) is 2.55. The molecule has 0 radical (unpaired) electrons. The first-order valence-electron chi connectivity index (χ1n) is 5.58. The van der Waals surface area contributed by atoms with Crippen molar-refractivity contribution in [1.82, 2.24) is 0 Å². The smallest absolute Gasteiger partial charge is 0.305 e. The third-order valence-electron chi connectivity index (χ3n) is 2.31. The van der Waals surface area contributed by atoms with Crippen molar-refractivity contribution in [2.24, 2.45) is 0 Å². The van der Waals surface area contributed by atoms with Crippen LogP contribution >= 0.6 is 0 Å². The van der Waals surface area contributed by atoms with E-state index in [1.54, 1.807) is 0 Å². The molecule has 1 aliphatic rings. The number of hydrogen-bond acceptors (Lipinski definition) is 7. The van der Waals surface area contributed by atoms with Crippen LogP contribution in [0, 0.1) is 0 Å². The van der Waals surface area contributed by atoms with Gasteiger partial charge in [0.05, 0.1) is 0 Å². The molecule has 0 saturated carbocycles. The third-order valence-corrected chi connectivity index (χ3v) is 2.31. The fraction of sp³-hybridized carbons (Fsp3) is 0.727. The number of ether oxygens (including phenoxy) is 4. The highest BCUT2D eigenvalue weighted by molar-refractivity contribution is 5.68. The van der Waals surface area contributed by atoms with Gasteiger partial charge in [0.2, 0.25) is 12.4 Å². The van der Waals surface area contributed by atoms with Crippen molar-refractivity contribution in [1.29, 1.82) is 0 Å². The highest BCUT2D eigenvalue weighted by Crippen LogP contribution is 2.28. The molecule has 4 atom stereocenters. The van der Waals surface area contributed by atoms with Crippen LogP contribution in [0.2, 0.25) is 0 Å². The maximum absolute atomic E-state index is 12.8. The van der Waals surface area contributed by atoms with Crippen LogP contribution in [0.4, 0.5) is 4.39 Å². The maximum Gasteiger partial charge on any atom is 0.305 e. The van der Waals surface area contributed by atoms with Gasteiger partial charge >= 0.3 is 17.9 Å². The fourth-order valence-corrected chi connectivity index (χ4v) is 1.73. The predicted octanol–water partition coefficient (Wildman–Crippen LogP) is 0.107. The normalized spacial score (nSPS) is 29.7. The summed E-state index contributed by atoms with van der Waals surface area (Å²) < 4.78 is 32.4. The van der Waals surface area contributed by atoms with Crippen LogP contribution in [-0.2, 0) is 33.3 Å². The van der Waals surface area contributed by atoms with Crippen molar-refractivity contribution in [2.75, 3.05) is 6.67 Å². The molecule has 0 spiro atoms. The third kappa shape index (κ3) is 4.16. The molecule has 108 valence electrons. The van der Waals surface area contributed by atoms with Crippen LogP contribution in [0.15, 0.2) is 0 Å². The Hall–Kier alpha value is -1.70. The molecule has 8 heteroatoms. The largest absolute Gasteiger partial charge is 0.455 e. The highest BCUT2D eigenvalue weighted by Gasteiger charge is 2.51. The first-order valence-corrected chi connectivity index (χ1v) is 5.58. The minimum Gasteiger partial charge on any atom is -0.455 e. The van der Waals surface area contributed by atoms with E-state index in [4.69, 9.17) is 18.9 Å². The molecular weight excluding hydrogens is 263 g/mol. The van der Waals surface area contributed by atoms with E-state index < -0.39 is 49.2 Å². The lowest BCUT2D eigenvalue weighted by molar-refractivity contribution is -0.195. The van der Waals surface area contributed by atoms with E-state index >= 15 is 0 Å². The minimum atomic E-state index is -1.30. The Kier molecular flexibility index (Phi) is 5.22. The predicted molar refractivity (Wildman–Crippen MR) is 57.5 cm³/mol. The summed E-state index contributed by atoms with van der Waals surface area (Å²) in [6, 6.07) is 0. The van der Waals surface area contributed by atoms with E-state index in [9.17, 15) is 18.8 Å². The molecule has 1 saturated heterocycles. The summed E-state index contributed by atoms with van der Waals surface area (Å²) in [5.41, 5.74) is 0. The van der Waals surface area contributed by atoms with Gasteiger partial charge in [0.15, 0.2) is 6.10 Å². The summed E-state index contributed by atoms with van der Waals surface area (Å²) in [5.74, 6) is -2.07. The number of hydrogen-bond donors (Lipinski definition) is 0. The standard InChI is InChI=1S/C11H15FO7/c1-5(13)16-9-8(4-12)19-11(18-7(3)15)10(9)17-6(2)14/h8-11H,4H2,1-3H3/t8-,9-,10-,11-/m1/s1. The van der Waals surface area contributed by atoms with Crippen LogP contribution in [0.3, 0.4) is 0 Å². The zero-order valence-corrected chi connectivity index (χ0v) is 10.8. The second-order valence-electron chi connectivity index (χ2n) is 3.95. The van der Waals surface area contributed by atoms with Crippen LogP contribution in [0.25, 0.3) is 0 Å². The Morgan fingerprint density at radius 3 is 1.84 bits per heavy atom. The van der Waals surface area contributed by atoms with E-state index in [0.29, 0.717) is 0 Å². The van der Waals surface area contributed by atoms with Gasteiger partial charge in [-0.1, -0.05) is 0 Å². The lowest BCUT2D eigenvalue weighted by atomic mass is 10.1. The molecule has 1 rings (SSSR count). The zero-order chi connectivity index (χ0) is 14.6. The average molecular weight is 278 g/mol. The molecule has 19 heavy (non-hydrogen) atoms. The molecule has 0 aromatic heterocycles. The van der Waals surface area contributed by atoms with Gasteiger partial charge in [-0.3, -0.25) is 14.4 Å². The number of carbonyl (C=O) groups excluding carboxylic acids is 3. The fourth-order valence-electron chi connectivity index (χ4n) is 1.73. The van der Waals surface area contributed by atoms with E-state index in [0.717, 1.165) is 20.8 Å². The van der Waals surface area contributed by atoms with E-state index in [2.05, 4.69) is 0 Å². The Labute approximate surface area is 108 Å². The molecule has 0 bridgehead atoms. The molecule has 0 aliphatic carbocycles. The van der Waals surface area contributed by atoms with Gasteiger partial charge in [-0.15, -0.1) is 0 Å². The van der Waals surface area contributed by atoms with Crippen LogP contribution in [-0.4, -0.2) is 49.2 Å². The molecule has 7 nitrogen and oxygen atoms in total. The summed E-state index contributed by atoms with van der Waals surface area (Å²) in [4.78, 5) is 32.9. The van der Waals surface area contributed by atoms with Gasteiger partial charge in [-0.05, 0) is 0 Å². The Balaban J connectivity index is 2.90. The van der Waals surface area contributed by atoms with Gasteiger partial charge in [0, 0.05) is 20.8 Å². The van der Waals surface area contributed by atoms with Crippen molar-refractivity contribution >= 4 is 17.9 Å². The van der Waals surface area contributed by atoms with Crippen molar-refractivity contribution in [3.63, 3.8) is 0 Å². The van der Waals surface area contributed by atoms with Crippen LogP contribution in [0.5, 0.6) is 0 Å². The monoisotopic (exact) mass is 278 g/mol. The molecule has 1 aliphatic heterocycles. The van der Waals surface area contributed by atoms with Crippen molar-refractivity contribution in [2.45, 2.75) is 45.4 Å². The molecule has 0 amide bonds. The molecular formula is C11H15FO7. The lowest BCUT2D eigenvalue weighted by Crippen LogP contribution is -2.41. The zero-order valence-electron chi connectivity index (χ0n) is 10.8. The SMILES string of the molecule is CC(=O)O[C@@H]1O[C@H](CF)[C@@H](OC(C)=O)[C@H]1OC(C)=O. The quantitative estimate of drug-likeness (QED) is 0.532. The van der Waals surface area contributed by atoms with Gasteiger partial charge in [0.25, 0.3) is 0 Å². The van der Waals surface area contributed by atoms with E-state index in [1.165, 1.54) is 0 Å². The number of alkyl halides is 1. The summed E-state index contributed by atoms with van der Waals surface area (Å²) >= 11 is 0. The Bertz CT molecular complexity index is 370. The van der Waals surface area contributed by atoms with Gasteiger partial charge < -0.3 is 18.9 Å². The molecule has 0 N–H and O–H groups in total. The maximum atomic E-state index is 12.8. The van der Waals surface area contributed by atoms with Gasteiger partial charge in [-0.25, -0.2) is 4.39 Å². The van der Waals surface area contributed by atoms with Gasteiger partial charge in [0.1, 0.15) is 12.8 Å². The molecule has 0 unspecified atom stereocenters. The highest BCUT2D eigenvalue weighted by atomic mass is 19.1. The van der Waals surface area contributed by atoms with Crippen molar-refractivity contribution in [3.8, 4) is 0 Å². The lowest BCUT2D eigenvalue weighted by Gasteiger charge is -2.22. The Morgan fingerprint density at radius 2 is 1.42 bits per heavy atom.